The zero-order valence-corrected chi connectivity index (χ0v) is 30.1. The molecule has 0 aromatic heterocycles. The van der Waals surface area contributed by atoms with Gasteiger partial charge in [0.05, 0.1) is 12.1 Å². The van der Waals surface area contributed by atoms with E-state index in [1.165, 1.54) is 39.0 Å². The van der Waals surface area contributed by atoms with Crippen molar-refractivity contribution < 1.29 is 4.84 Å². The van der Waals surface area contributed by atoms with E-state index in [4.69, 9.17) is 4.84 Å². The van der Waals surface area contributed by atoms with Crippen LogP contribution in [0.3, 0.4) is 0 Å². The van der Waals surface area contributed by atoms with E-state index in [2.05, 4.69) is 205 Å². The van der Waals surface area contributed by atoms with Crippen molar-refractivity contribution in [1.29, 1.82) is 0 Å². The van der Waals surface area contributed by atoms with Crippen molar-refractivity contribution in [3.63, 3.8) is 0 Å². The van der Waals surface area contributed by atoms with E-state index in [1.807, 2.05) is 0 Å². The van der Waals surface area contributed by atoms with Crippen molar-refractivity contribution in [2.24, 2.45) is 5.92 Å². The molecule has 0 amide bonds. The second-order valence-electron chi connectivity index (χ2n) is 13.8. The van der Waals surface area contributed by atoms with Crippen molar-refractivity contribution in [1.82, 2.24) is 5.06 Å². The molecule has 48 heavy (non-hydrogen) atoms. The molecular formula is C46H55NO. The predicted molar refractivity (Wildman–Crippen MR) is 207 cm³/mol. The average molecular weight is 638 g/mol. The number of hydroxylamine groups is 2. The molecule has 0 fully saturated rings. The number of hydrogen-bond donors (Lipinski definition) is 0. The summed E-state index contributed by atoms with van der Waals surface area (Å²) < 4.78 is 0. The van der Waals surface area contributed by atoms with Crippen LogP contribution in [0.15, 0.2) is 157 Å². The molecule has 0 aliphatic carbocycles. The monoisotopic (exact) mass is 637 g/mol. The first-order valence-corrected chi connectivity index (χ1v) is 17.6. The van der Waals surface area contributed by atoms with Gasteiger partial charge in [-0.15, -0.1) is 0 Å². The topological polar surface area (TPSA) is 12.5 Å². The summed E-state index contributed by atoms with van der Waals surface area (Å²) >= 11 is 0. The minimum Gasteiger partial charge on any atom is -0.295 e. The summed E-state index contributed by atoms with van der Waals surface area (Å²) in [5, 5.41) is 2.25. The third-order valence-corrected chi connectivity index (χ3v) is 8.55. The molecule has 2 nitrogen and oxygen atoms in total. The lowest BCUT2D eigenvalue weighted by molar-refractivity contribution is -0.271. The number of unbranched alkanes of at least 4 members (excludes halogenated alkanes) is 1. The van der Waals surface area contributed by atoms with Gasteiger partial charge in [-0.25, -0.2) is 0 Å². The van der Waals surface area contributed by atoms with E-state index in [9.17, 15) is 0 Å². The van der Waals surface area contributed by atoms with Gasteiger partial charge in [0.25, 0.3) is 0 Å². The molecule has 4 rings (SSSR count). The number of rotatable bonds is 15. The summed E-state index contributed by atoms with van der Waals surface area (Å²) in [6.07, 6.45) is 14.5. The molecule has 2 atom stereocenters. The van der Waals surface area contributed by atoms with E-state index >= 15 is 0 Å². The molecule has 0 saturated heterocycles. The van der Waals surface area contributed by atoms with E-state index < -0.39 is 0 Å². The number of benzene rings is 4. The first kappa shape index (κ1) is 36.6. The van der Waals surface area contributed by atoms with E-state index in [0.29, 0.717) is 5.92 Å². The van der Waals surface area contributed by atoms with Crippen LogP contribution in [0.2, 0.25) is 0 Å². The van der Waals surface area contributed by atoms with Gasteiger partial charge in [-0.05, 0) is 98.8 Å². The molecule has 0 bridgehead atoms. The molecule has 2 heteroatoms. The minimum absolute atomic E-state index is 0.114. The molecule has 250 valence electrons. The van der Waals surface area contributed by atoms with Gasteiger partial charge in [-0.2, -0.15) is 5.06 Å². The lowest BCUT2D eigenvalue weighted by Crippen LogP contribution is -2.47. The second kappa shape index (κ2) is 18.3. The Morgan fingerprint density at radius 1 is 0.688 bits per heavy atom. The van der Waals surface area contributed by atoms with Crippen molar-refractivity contribution in [2.75, 3.05) is 0 Å². The molecule has 2 unspecified atom stereocenters. The zero-order chi connectivity index (χ0) is 34.4. The molecule has 0 aliphatic heterocycles. The summed E-state index contributed by atoms with van der Waals surface area (Å²) in [6, 6.07) is 42.9. The third kappa shape index (κ3) is 10.6. The smallest absolute Gasteiger partial charge is 0.0765 e. The first-order valence-electron chi connectivity index (χ1n) is 17.6. The van der Waals surface area contributed by atoms with Crippen molar-refractivity contribution in [2.45, 2.75) is 85.4 Å². The van der Waals surface area contributed by atoms with Crippen LogP contribution in [0, 0.1) is 5.92 Å². The van der Waals surface area contributed by atoms with Crippen LogP contribution in [-0.2, 0) is 4.84 Å². The fraction of sp³-hybridized carbons (Fsp3) is 0.304. The Hall–Kier alpha value is -4.24. The van der Waals surface area contributed by atoms with E-state index in [-0.39, 0.29) is 17.7 Å². The van der Waals surface area contributed by atoms with Gasteiger partial charge in [-0.3, -0.25) is 4.84 Å². The normalized spacial score (nSPS) is 14.0. The molecule has 0 radical (unpaired) electrons. The largest absolute Gasteiger partial charge is 0.295 e. The van der Waals surface area contributed by atoms with Crippen LogP contribution in [0.1, 0.15) is 96.0 Å². The Kier molecular flexibility index (Phi) is 14.0. The summed E-state index contributed by atoms with van der Waals surface area (Å²) in [6.45, 7) is 15.6. The fourth-order valence-electron chi connectivity index (χ4n) is 6.14. The lowest BCUT2D eigenvalue weighted by Gasteiger charge is -2.44. The fourth-order valence-corrected chi connectivity index (χ4v) is 6.14. The summed E-state index contributed by atoms with van der Waals surface area (Å²) in [4.78, 5) is 6.75. The molecule has 0 saturated carbocycles. The highest BCUT2D eigenvalue weighted by Crippen LogP contribution is 2.35. The van der Waals surface area contributed by atoms with Crippen LogP contribution in [0.5, 0.6) is 0 Å². The average Bonchev–Trinajstić information content (AvgIpc) is 3.09. The number of hydrogen-bond acceptors (Lipinski definition) is 2. The quantitative estimate of drug-likeness (QED) is 0.0730. The molecule has 0 spiro atoms. The van der Waals surface area contributed by atoms with Gasteiger partial charge in [0, 0.05) is 5.54 Å². The highest BCUT2D eigenvalue weighted by atomic mass is 16.7. The van der Waals surface area contributed by atoms with Gasteiger partial charge < -0.3 is 0 Å². The van der Waals surface area contributed by atoms with Crippen molar-refractivity contribution >= 4 is 11.1 Å². The van der Waals surface area contributed by atoms with E-state index in [0.717, 1.165) is 19.3 Å². The van der Waals surface area contributed by atoms with Gasteiger partial charge in [0.15, 0.2) is 0 Å². The number of nitrogens with zero attached hydrogens (tertiary/aromatic N) is 1. The van der Waals surface area contributed by atoms with Crippen molar-refractivity contribution in [3.8, 4) is 0 Å². The standard InChI is InChI=1S/C46H55NO/c1-8-38(25-15-9-14-24-37(4)48-47(46(5,6)7)45(36(2)3)42-32-22-13-23-33-42)43(39-26-16-10-17-27-39)34-35-44(40-28-18-11-19-29-40)41-30-20-12-21-31-41/h8,10-13,15-23,25-37,45H,9,14,24H2,1-7H3. The predicted octanol–water partition coefficient (Wildman–Crippen LogP) is 12.7. The molecule has 0 N–H and O–H groups in total. The van der Waals surface area contributed by atoms with Crippen LogP contribution in [0.25, 0.3) is 11.1 Å². The van der Waals surface area contributed by atoms with Gasteiger partial charge >= 0.3 is 0 Å². The highest BCUT2D eigenvalue weighted by Gasteiger charge is 2.34. The SMILES string of the molecule is CC=C(C=CCCCC(C)ON(C(c1ccccc1)C(C)C)C(C)(C)C)C(=CC=C(c1ccccc1)c1ccccc1)c1ccccc1. The Morgan fingerprint density at radius 3 is 1.67 bits per heavy atom. The van der Waals surface area contributed by atoms with Crippen LogP contribution < -0.4 is 0 Å². The van der Waals surface area contributed by atoms with E-state index in [1.54, 1.807) is 0 Å². The molecule has 4 aromatic carbocycles. The van der Waals surface area contributed by atoms with Crippen molar-refractivity contribution in [3.05, 3.63) is 180 Å². The second-order valence-corrected chi connectivity index (χ2v) is 13.8. The lowest BCUT2D eigenvalue weighted by atomic mass is 9.92. The Bertz CT molecular complexity index is 1580. The van der Waals surface area contributed by atoms with Crippen LogP contribution in [0.4, 0.5) is 0 Å². The Morgan fingerprint density at radius 2 is 1.19 bits per heavy atom. The molecule has 4 aromatic rings. The third-order valence-electron chi connectivity index (χ3n) is 8.55. The maximum atomic E-state index is 6.75. The minimum atomic E-state index is -0.130. The van der Waals surface area contributed by atoms with Gasteiger partial charge in [0.2, 0.25) is 0 Å². The zero-order valence-electron chi connectivity index (χ0n) is 30.1. The molecule has 0 aliphatic rings. The van der Waals surface area contributed by atoms with Gasteiger partial charge in [-0.1, -0.05) is 166 Å². The Balaban J connectivity index is 1.49. The maximum Gasteiger partial charge on any atom is 0.0765 e. The maximum absolute atomic E-state index is 6.75. The van der Waals surface area contributed by atoms with Gasteiger partial charge in [0.1, 0.15) is 0 Å². The van der Waals surface area contributed by atoms with Crippen LogP contribution in [-0.4, -0.2) is 16.7 Å². The first-order chi connectivity index (χ1) is 23.2. The molecule has 0 heterocycles. The summed E-state index contributed by atoms with van der Waals surface area (Å²) in [5.41, 5.74) is 8.40. The van der Waals surface area contributed by atoms with Crippen LogP contribution >= 0.6 is 0 Å². The highest BCUT2D eigenvalue weighted by molar-refractivity contribution is 5.87. The summed E-state index contributed by atoms with van der Waals surface area (Å²) in [5.74, 6) is 0.416. The Labute approximate surface area is 291 Å². The number of allylic oxidation sites excluding steroid dienone is 7. The molecular weight excluding hydrogens is 583 g/mol. The summed E-state index contributed by atoms with van der Waals surface area (Å²) in [7, 11) is 0.